The molecule has 0 aliphatic carbocycles. The first-order valence-electron chi connectivity index (χ1n) is 4.66. The lowest BCUT2D eigenvalue weighted by molar-refractivity contribution is 0.1000. The Morgan fingerprint density at radius 3 is 2.81 bits per heavy atom. The minimum absolute atomic E-state index is 0.310. The highest BCUT2D eigenvalue weighted by atomic mass is 16.1. The molecule has 16 heavy (non-hydrogen) atoms. The molecular formula is C10H11N5O. The number of anilines is 1. The molecule has 2 aromatic heterocycles. The third kappa shape index (κ3) is 1.60. The van der Waals surface area contributed by atoms with Gasteiger partial charge in [-0.05, 0) is 19.1 Å². The summed E-state index contributed by atoms with van der Waals surface area (Å²) < 4.78 is 1.45. The number of aromatic nitrogens is 3. The Bertz CT molecular complexity index is 526. The second kappa shape index (κ2) is 3.65. The highest BCUT2D eigenvalue weighted by molar-refractivity contribution is 5.95. The first kappa shape index (κ1) is 10.2. The van der Waals surface area contributed by atoms with Crippen LogP contribution in [0, 0.1) is 6.92 Å². The van der Waals surface area contributed by atoms with Crippen molar-refractivity contribution in [1.29, 1.82) is 0 Å². The van der Waals surface area contributed by atoms with Crippen molar-refractivity contribution in [3.8, 4) is 5.82 Å². The van der Waals surface area contributed by atoms with Gasteiger partial charge in [0.25, 0.3) is 5.91 Å². The van der Waals surface area contributed by atoms with Gasteiger partial charge in [0.05, 0.1) is 5.56 Å². The molecule has 2 aromatic rings. The molecule has 2 rings (SSSR count). The van der Waals surface area contributed by atoms with Crippen LogP contribution in [0.2, 0.25) is 0 Å². The smallest absolute Gasteiger partial charge is 0.252 e. The van der Waals surface area contributed by atoms with Gasteiger partial charge in [-0.15, -0.1) is 5.10 Å². The van der Waals surface area contributed by atoms with Crippen molar-refractivity contribution in [1.82, 2.24) is 14.8 Å². The number of hydrogen-bond acceptors (Lipinski definition) is 4. The number of amides is 1. The molecule has 0 atom stereocenters. The second-order valence-corrected chi connectivity index (χ2v) is 3.38. The van der Waals surface area contributed by atoms with E-state index < -0.39 is 5.91 Å². The van der Waals surface area contributed by atoms with Crippen molar-refractivity contribution >= 4 is 11.7 Å². The molecule has 0 bridgehead atoms. The van der Waals surface area contributed by atoms with Crippen molar-refractivity contribution < 1.29 is 4.79 Å². The highest BCUT2D eigenvalue weighted by Gasteiger charge is 2.12. The third-order valence-electron chi connectivity index (χ3n) is 2.20. The van der Waals surface area contributed by atoms with E-state index in [2.05, 4.69) is 10.1 Å². The predicted octanol–water partition coefficient (Wildman–Crippen LogP) is 0.257. The molecule has 0 aliphatic rings. The number of aryl methyl sites for hydroxylation is 1. The summed E-state index contributed by atoms with van der Waals surface area (Å²) in [6, 6.07) is 3.24. The Morgan fingerprint density at radius 2 is 2.25 bits per heavy atom. The summed E-state index contributed by atoms with van der Waals surface area (Å²) in [7, 11) is 0. The molecule has 4 N–H and O–H groups in total. The Hall–Kier alpha value is -2.37. The zero-order valence-electron chi connectivity index (χ0n) is 8.71. The molecule has 2 heterocycles. The fourth-order valence-corrected chi connectivity index (χ4v) is 1.35. The molecule has 6 nitrogen and oxygen atoms in total. The van der Waals surface area contributed by atoms with Crippen molar-refractivity contribution in [2.45, 2.75) is 6.92 Å². The van der Waals surface area contributed by atoms with Crippen LogP contribution in [0.15, 0.2) is 24.5 Å². The van der Waals surface area contributed by atoms with Crippen LogP contribution < -0.4 is 11.5 Å². The van der Waals surface area contributed by atoms with Crippen molar-refractivity contribution in [3.05, 3.63) is 35.7 Å². The van der Waals surface area contributed by atoms with Gasteiger partial charge in [0.15, 0.2) is 5.82 Å². The Kier molecular flexibility index (Phi) is 2.32. The summed E-state index contributed by atoms with van der Waals surface area (Å²) in [5.41, 5.74) is 12.0. The van der Waals surface area contributed by atoms with Crippen LogP contribution in [0.1, 0.15) is 15.9 Å². The van der Waals surface area contributed by atoms with Gasteiger partial charge in [0.2, 0.25) is 0 Å². The van der Waals surface area contributed by atoms with Crippen LogP contribution in [0.4, 0.5) is 5.82 Å². The average Bonchev–Trinajstić information content (AvgIpc) is 2.59. The number of pyridine rings is 1. The third-order valence-corrected chi connectivity index (χ3v) is 2.20. The maximum absolute atomic E-state index is 11.2. The van der Waals surface area contributed by atoms with Crippen molar-refractivity contribution in [2.24, 2.45) is 5.73 Å². The quantitative estimate of drug-likeness (QED) is 0.753. The lowest BCUT2D eigenvalue weighted by Gasteiger charge is -2.04. The second-order valence-electron chi connectivity index (χ2n) is 3.38. The van der Waals surface area contributed by atoms with E-state index in [9.17, 15) is 4.79 Å². The Labute approximate surface area is 91.9 Å². The first-order valence-corrected chi connectivity index (χ1v) is 4.66. The van der Waals surface area contributed by atoms with Gasteiger partial charge in [0, 0.05) is 18.0 Å². The van der Waals surface area contributed by atoms with Crippen LogP contribution in [0.5, 0.6) is 0 Å². The predicted molar refractivity (Wildman–Crippen MR) is 59.0 cm³/mol. The number of carbonyl (C=O) groups excluding carboxylic acids is 1. The standard InChI is InChI=1S/C10H11N5O/c1-6-5-15(14-8(6)11)10-7(9(12)16)3-2-4-13-10/h2-5H,1H3,(H2,11,14)(H2,12,16). The summed E-state index contributed by atoms with van der Waals surface area (Å²) in [6.45, 7) is 1.83. The summed E-state index contributed by atoms with van der Waals surface area (Å²) in [6.07, 6.45) is 3.26. The highest BCUT2D eigenvalue weighted by Crippen LogP contribution is 2.14. The largest absolute Gasteiger partial charge is 0.382 e. The monoisotopic (exact) mass is 217 g/mol. The van der Waals surface area contributed by atoms with Crippen LogP contribution in [-0.2, 0) is 0 Å². The van der Waals surface area contributed by atoms with E-state index in [0.717, 1.165) is 5.56 Å². The molecule has 0 saturated heterocycles. The molecule has 0 aromatic carbocycles. The molecule has 1 amide bonds. The zero-order chi connectivity index (χ0) is 11.7. The van der Waals surface area contributed by atoms with E-state index in [0.29, 0.717) is 17.2 Å². The molecule has 6 heteroatoms. The molecule has 82 valence electrons. The number of nitrogens with zero attached hydrogens (tertiary/aromatic N) is 3. The SMILES string of the molecule is Cc1cn(-c2ncccc2C(N)=O)nc1N. The number of nitrogens with two attached hydrogens (primary N) is 2. The first-order chi connectivity index (χ1) is 7.59. The fourth-order valence-electron chi connectivity index (χ4n) is 1.35. The van der Waals surface area contributed by atoms with Gasteiger partial charge in [-0.2, -0.15) is 0 Å². The Balaban J connectivity index is 2.59. The van der Waals surface area contributed by atoms with Crippen molar-refractivity contribution in [3.63, 3.8) is 0 Å². The molecule has 0 unspecified atom stereocenters. The van der Waals surface area contributed by atoms with Gasteiger partial charge in [0.1, 0.15) is 5.82 Å². The van der Waals surface area contributed by atoms with Crippen LogP contribution in [0.25, 0.3) is 5.82 Å². The number of hydrogen-bond donors (Lipinski definition) is 2. The van der Waals surface area contributed by atoms with Crippen LogP contribution in [0.3, 0.4) is 0 Å². The molecule has 0 spiro atoms. The summed E-state index contributed by atoms with van der Waals surface area (Å²) in [4.78, 5) is 15.3. The van der Waals surface area contributed by atoms with E-state index in [4.69, 9.17) is 11.5 Å². The van der Waals surface area contributed by atoms with Gasteiger partial charge in [-0.1, -0.05) is 0 Å². The lowest BCUT2D eigenvalue weighted by atomic mass is 10.2. The molecule has 0 saturated carbocycles. The summed E-state index contributed by atoms with van der Waals surface area (Å²) in [5.74, 6) is 0.241. The van der Waals surface area contributed by atoms with Gasteiger partial charge in [-0.25, -0.2) is 9.67 Å². The topological polar surface area (TPSA) is 99.8 Å². The number of rotatable bonds is 2. The van der Waals surface area contributed by atoms with E-state index in [1.165, 1.54) is 4.68 Å². The maximum atomic E-state index is 11.2. The van der Waals surface area contributed by atoms with E-state index in [-0.39, 0.29) is 0 Å². The summed E-state index contributed by atoms with van der Waals surface area (Å²) in [5, 5.41) is 4.05. The van der Waals surface area contributed by atoms with E-state index >= 15 is 0 Å². The fraction of sp³-hybridized carbons (Fsp3) is 0.100. The molecule has 0 radical (unpaired) electrons. The minimum atomic E-state index is -0.546. The molecule has 0 aliphatic heterocycles. The van der Waals surface area contributed by atoms with Crippen molar-refractivity contribution in [2.75, 3.05) is 5.73 Å². The van der Waals surface area contributed by atoms with Gasteiger partial charge >= 0.3 is 0 Å². The van der Waals surface area contributed by atoms with E-state index in [1.807, 2.05) is 6.92 Å². The van der Waals surface area contributed by atoms with Crippen LogP contribution in [-0.4, -0.2) is 20.7 Å². The van der Waals surface area contributed by atoms with E-state index in [1.54, 1.807) is 24.5 Å². The minimum Gasteiger partial charge on any atom is -0.382 e. The van der Waals surface area contributed by atoms with Crippen LogP contribution >= 0.6 is 0 Å². The zero-order valence-corrected chi connectivity index (χ0v) is 8.71. The Morgan fingerprint density at radius 1 is 1.50 bits per heavy atom. The summed E-state index contributed by atoms with van der Waals surface area (Å²) >= 11 is 0. The average molecular weight is 217 g/mol. The number of nitrogen functional groups attached to an aromatic ring is 1. The molecule has 0 fully saturated rings. The number of primary amides is 1. The van der Waals surface area contributed by atoms with Gasteiger partial charge in [-0.3, -0.25) is 4.79 Å². The molecular weight excluding hydrogens is 206 g/mol. The normalized spacial score (nSPS) is 10.3. The van der Waals surface area contributed by atoms with Gasteiger partial charge < -0.3 is 11.5 Å². The number of carbonyl (C=O) groups is 1. The lowest BCUT2D eigenvalue weighted by Crippen LogP contribution is -2.16. The maximum Gasteiger partial charge on any atom is 0.252 e.